The molecular weight excluding hydrogens is 292 g/mol. The van der Waals surface area contributed by atoms with Crippen LogP contribution in [0, 0.1) is 0 Å². The van der Waals surface area contributed by atoms with E-state index < -0.39 is 0 Å². The summed E-state index contributed by atoms with van der Waals surface area (Å²) < 4.78 is 1.94. The second-order valence-corrected chi connectivity index (χ2v) is 6.35. The first-order valence-electron chi connectivity index (χ1n) is 7.47. The summed E-state index contributed by atoms with van der Waals surface area (Å²) in [5.74, 6) is 0. The Labute approximate surface area is 134 Å². The van der Waals surface area contributed by atoms with Crippen LogP contribution in [0.5, 0.6) is 0 Å². The maximum Gasteiger partial charge on any atom is 0.0972 e. The lowest BCUT2D eigenvalue weighted by molar-refractivity contribution is 0.449. The average molecular weight is 312 g/mol. The Hall–Kier alpha value is -1.98. The predicted octanol–water partition coefficient (Wildman–Crippen LogP) is 3.11. The van der Waals surface area contributed by atoms with Crippen LogP contribution in [-0.2, 0) is 19.5 Å². The van der Waals surface area contributed by atoms with Gasteiger partial charge in [0.1, 0.15) is 0 Å². The molecule has 1 N–H and O–H groups in total. The fourth-order valence-electron chi connectivity index (χ4n) is 2.31. The van der Waals surface area contributed by atoms with E-state index in [4.69, 9.17) is 4.98 Å². The lowest BCUT2D eigenvalue weighted by Crippen LogP contribution is -2.30. The molecule has 0 saturated heterocycles. The number of thiazole rings is 1. The van der Waals surface area contributed by atoms with Crippen molar-refractivity contribution in [3.05, 3.63) is 70.4 Å². The van der Waals surface area contributed by atoms with Crippen molar-refractivity contribution in [3.8, 4) is 0 Å². The summed E-state index contributed by atoms with van der Waals surface area (Å²) >= 11 is 1.73. The average Bonchev–Trinajstić information content (AvgIpc) is 3.18. The third-order valence-corrected chi connectivity index (χ3v) is 4.35. The molecule has 4 nitrogen and oxygen atoms in total. The highest BCUT2D eigenvalue weighted by Crippen LogP contribution is 2.14. The van der Waals surface area contributed by atoms with Gasteiger partial charge in [-0.3, -0.25) is 4.68 Å². The zero-order valence-electron chi connectivity index (χ0n) is 12.6. The minimum absolute atomic E-state index is 0.360. The van der Waals surface area contributed by atoms with Crippen LogP contribution in [-0.4, -0.2) is 20.8 Å². The molecule has 0 aliphatic rings. The molecule has 1 aromatic carbocycles. The number of hydrogen-bond acceptors (Lipinski definition) is 4. The molecule has 1 atom stereocenters. The topological polar surface area (TPSA) is 42.7 Å². The quantitative estimate of drug-likeness (QED) is 0.729. The van der Waals surface area contributed by atoms with E-state index in [9.17, 15) is 0 Å². The maximum absolute atomic E-state index is 4.71. The number of hydrogen-bond donors (Lipinski definition) is 1. The van der Waals surface area contributed by atoms with Crippen LogP contribution in [0.1, 0.15) is 23.2 Å². The van der Waals surface area contributed by atoms with Crippen molar-refractivity contribution in [2.75, 3.05) is 0 Å². The van der Waals surface area contributed by atoms with Gasteiger partial charge in [0.15, 0.2) is 0 Å². The molecule has 0 bridgehead atoms. The monoisotopic (exact) mass is 312 g/mol. The van der Waals surface area contributed by atoms with Gasteiger partial charge in [0.2, 0.25) is 0 Å². The summed E-state index contributed by atoms with van der Waals surface area (Å²) in [6.45, 7) is 3.83. The first kappa shape index (κ1) is 14.9. The Kier molecular flexibility index (Phi) is 4.98. The zero-order chi connectivity index (χ0) is 15.2. The highest BCUT2D eigenvalue weighted by atomic mass is 32.1. The van der Waals surface area contributed by atoms with Gasteiger partial charge in [0.05, 0.1) is 17.2 Å². The number of rotatable bonds is 7. The molecule has 0 aliphatic carbocycles. The summed E-state index contributed by atoms with van der Waals surface area (Å²) in [6.07, 6.45) is 4.70. The summed E-state index contributed by atoms with van der Waals surface area (Å²) in [7, 11) is 0. The van der Waals surface area contributed by atoms with E-state index in [2.05, 4.69) is 47.0 Å². The molecule has 3 rings (SSSR count). The molecule has 2 aromatic heterocycles. The van der Waals surface area contributed by atoms with Gasteiger partial charge in [-0.2, -0.15) is 5.10 Å². The van der Waals surface area contributed by atoms with E-state index in [0.717, 1.165) is 25.2 Å². The molecule has 22 heavy (non-hydrogen) atoms. The Morgan fingerprint density at radius 3 is 2.86 bits per heavy atom. The van der Waals surface area contributed by atoms with Crippen molar-refractivity contribution in [2.45, 2.75) is 32.5 Å². The third-order valence-electron chi connectivity index (χ3n) is 3.45. The van der Waals surface area contributed by atoms with Crippen LogP contribution in [0.25, 0.3) is 0 Å². The molecule has 114 valence electrons. The Balaban J connectivity index is 1.49. The number of nitrogens with one attached hydrogen (secondary N) is 1. The standard InChI is InChI=1S/C17H20N4S/c1-14(12-21-9-5-8-19-21)18-11-16-13-22-17(20-16)10-15-6-3-2-4-7-15/h2-9,13-14,18H,10-12H2,1H3/t14-/m0/s1. The van der Waals surface area contributed by atoms with Gasteiger partial charge in [-0.05, 0) is 18.6 Å². The molecule has 0 saturated carbocycles. The summed E-state index contributed by atoms with van der Waals surface area (Å²) in [5.41, 5.74) is 2.42. The van der Waals surface area contributed by atoms with Gasteiger partial charge >= 0.3 is 0 Å². The van der Waals surface area contributed by atoms with Crippen molar-refractivity contribution < 1.29 is 0 Å². The first-order valence-corrected chi connectivity index (χ1v) is 8.35. The second kappa shape index (κ2) is 7.33. The lowest BCUT2D eigenvalue weighted by atomic mass is 10.2. The molecule has 0 aliphatic heterocycles. The number of nitrogens with zero attached hydrogens (tertiary/aromatic N) is 3. The van der Waals surface area contributed by atoms with Crippen molar-refractivity contribution in [2.24, 2.45) is 0 Å². The fraction of sp³-hybridized carbons (Fsp3) is 0.294. The van der Waals surface area contributed by atoms with Crippen LogP contribution < -0.4 is 5.32 Å². The fourth-order valence-corrected chi connectivity index (χ4v) is 3.14. The molecule has 0 radical (unpaired) electrons. The molecule has 0 unspecified atom stereocenters. The van der Waals surface area contributed by atoms with Crippen LogP contribution >= 0.6 is 11.3 Å². The van der Waals surface area contributed by atoms with E-state index >= 15 is 0 Å². The third kappa shape index (κ3) is 4.26. The molecule has 0 fully saturated rings. The summed E-state index contributed by atoms with van der Waals surface area (Å²) in [5, 5.41) is 11.0. The maximum atomic E-state index is 4.71. The SMILES string of the molecule is C[C@@H](Cn1cccn1)NCc1csc(Cc2ccccc2)n1. The zero-order valence-corrected chi connectivity index (χ0v) is 13.5. The smallest absolute Gasteiger partial charge is 0.0972 e. The minimum Gasteiger partial charge on any atom is -0.307 e. The van der Waals surface area contributed by atoms with Gasteiger partial charge in [0.25, 0.3) is 0 Å². The minimum atomic E-state index is 0.360. The van der Waals surface area contributed by atoms with Crippen LogP contribution in [0.3, 0.4) is 0 Å². The first-order chi connectivity index (χ1) is 10.8. The van der Waals surface area contributed by atoms with Crippen molar-refractivity contribution in [1.82, 2.24) is 20.1 Å². The van der Waals surface area contributed by atoms with Crippen molar-refractivity contribution >= 4 is 11.3 Å². The molecule has 5 heteroatoms. The van der Waals surface area contributed by atoms with E-state index in [1.54, 1.807) is 11.3 Å². The Bertz CT molecular complexity index is 676. The number of benzene rings is 1. The number of aromatic nitrogens is 3. The van der Waals surface area contributed by atoms with Gasteiger partial charge in [0, 0.05) is 36.8 Å². The van der Waals surface area contributed by atoms with E-state index in [1.165, 1.54) is 10.6 Å². The van der Waals surface area contributed by atoms with Gasteiger partial charge in [-0.15, -0.1) is 11.3 Å². The van der Waals surface area contributed by atoms with E-state index in [0.29, 0.717) is 6.04 Å². The van der Waals surface area contributed by atoms with Crippen LogP contribution in [0.15, 0.2) is 54.2 Å². The molecule has 0 amide bonds. The van der Waals surface area contributed by atoms with Crippen molar-refractivity contribution in [3.63, 3.8) is 0 Å². The van der Waals surface area contributed by atoms with Crippen LogP contribution in [0.4, 0.5) is 0 Å². The molecule has 0 spiro atoms. The highest BCUT2D eigenvalue weighted by molar-refractivity contribution is 7.09. The highest BCUT2D eigenvalue weighted by Gasteiger charge is 2.06. The summed E-state index contributed by atoms with van der Waals surface area (Å²) in [4.78, 5) is 4.71. The molecule has 2 heterocycles. The summed E-state index contributed by atoms with van der Waals surface area (Å²) in [6, 6.07) is 12.8. The Morgan fingerprint density at radius 1 is 1.23 bits per heavy atom. The second-order valence-electron chi connectivity index (χ2n) is 5.41. The van der Waals surface area contributed by atoms with Gasteiger partial charge < -0.3 is 5.32 Å². The normalized spacial score (nSPS) is 12.4. The van der Waals surface area contributed by atoms with E-state index in [1.807, 2.05) is 29.2 Å². The van der Waals surface area contributed by atoms with Crippen molar-refractivity contribution in [1.29, 1.82) is 0 Å². The molecule has 3 aromatic rings. The Morgan fingerprint density at radius 2 is 2.09 bits per heavy atom. The van der Waals surface area contributed by atoms with Crippen LogP contribution in [0.2, 0.25) is 0 Å². The lowest BCUT2D eigenvalue weighted by Gasteiger charge is -2.12. The van der Waals surface area contributed by atoms with Gasteiger partial charge in [-0.25, -0.2) is 4.98 Å². The van der Waals surface area contributed by atoms with Gasteiger partial charge in [-0.1, -0.05) is 30.3 Å². The largest absolute Gasteiger partial charge is 0.307 e. The van der Waals surface area contributed by atoms with E-state index in [-0.39, 0.29) is 0 Å². The molecular formula is C17H20N4S. The predicted molar refractivity (Wildman–Crippen MR) is 89.9 cm³/mol.